The molecule has 0 aliphatic carbocycles. The Balaban J connectivity index is 1.37. The molecule has 2 bridgehead atoms. The van der Waals surface area contributed by atoms with Gasteiger partial charge in [0.15, 0.2) is 5.82 Å². The molecule has 3 aromatic rings. The summed E-state index contributed by atoms with van der Waals surface area (Å²) >= 11 is 0. The van der Waals surface area contributed by atoms with Gasteiger partial charge in [-0.2, -0.15) is 10.2 Å². The van der Waals surface area contributed by atoms with Crippen LogP contribution in [0.25, 0.3) is 0 Å². The van der Waals surface area contributed by atoms with Crippen LogP contribution >= 0.6 is 0 Å². The molecule has 1 aromatic carbocycles. The lowest BCUT2D eigenvalue weighted by molar-refractivity contribution is -0.135. The third kappa shape index (κ3) is 3.18. The zero-order valence-electron chi connectivity index (χ0n) is 16.2. The quantitative estimate of drug-likeness (QED) is 0.695. The fourth-order valence-electron chi connectivity index (χ4n) is 4.64. The molecule has 7 nitrogen and oxygen atoms in total. The molecular weight excluding hydrogens is 371 g/mol. The number of amides is 1. The Kier molecular flexibility index (Phi) is 4.34. The lowest BCUT2D eigenvalue weighted by Crippen LogP contribution is -2.42. The van der Waals surface area contributed by atoms with Gasteiger partial charge in [-0.15, -0.1) is 0 Å². The first-order chi connectivity index (χ1) is 14.1. The van der Waals surface area contributed by atoms with E-state index in [1.54, 1.807) is 18.3 Å². The number of hydrogen-bond donors (Lipinski definition) is 2. The standard InChI is InChI=1S/C21H23FN6O/c1-13-7-9-23-27(13)10-8-19(29)28-16-5-6-18(28)20-17(12-16)25-26-21(20)24-15-4-2-3-14(22)11-15/h2-4,7,9,11,16,18H,5-6,8,10,12H2,1H3,(H2,24,25,26)/t16-,18-/m0/s1. The van der Waals surface area contributed by atoms with Gasteiger partial charge < -0.3 is 10.2 Å². The van der Waals surface area contributed by atoms with Crippen LogP contribution in [0, 0.1) is 12.7 Å². The molecule has 1 saturated heterocycles. The van der Waals surface area contributed by atoms with Crippen molar-refractivity contribution >= 4 is 17.4 Å². The van der Waals surface area contributed by atoms with Crippen LogP contribution in [0.1, 0.15) is 42.3 Å². The maximum atomic E-state index is 13.6. The van der Waals surface area contributed by atoms with Crippen molar-refractivity contribution in [3.05, 3.63) is 59.3 Å². The zero-order valence-corrected chi connectivity index (χ0v) is 16.2. The van der Waals surface area contributed by atoms with Crippen molar-refractivity contribution in [3.63, 3.8) is 0 Å². The SMILES string of the molecule is Cc1ccnn1CCC(=O)N1[C@H]2CC[C@H]1c1c(Nc3cccc(F)c3)n[nH]c1C2. The fourth-order valence-corrected chi connectivity index (χ4v) is 4.64. The Hall–Kier alpha value is -3.16. The summed E-state index contributed by atoms with van der Waals surface area (Å²) in [5, 5.41) is 15.0. The van der Waals surface area contributed by atoms with Gasteiger partial charge in [-0.05, 0) is 44.0 Å². The minimum atomic E-state index is -0.300. The lowest BCUT2D eigenvalue weighted by Gasteiger charge is -2.35. The average Bonchev–Trinajstić information content (AvgIpc) is 3.38. The van der Waals surface area contributed by atoms with Crippen LogP contribution in [0.3, 0.4) is 0 Å². The van der Waals surface area contributed by atoms with Crippen LogP contribution in [-0.2, 0) is 17.8 Å². The molecule has 1 amide bonds. The molecule has 2 aliphatic heterocycles. The highest BCUT2D eigenvalue weighted by Gasteiger charge is 2.44. The number of aromatic nitrogens is 4. The molecule has 0 unspecified atom stereocenters. The molecule has 0 spiro atoms. The maximum absolute atomic E-state index is 13.6. The molecule has 8 heteroatoms. The van der Waals surface area contributed by atoms with Crippen LogP contribution in [0.4, 0.5) is 15.9 Å². The number of benzene rings is 1. The Morgan fingerprint density at radius 3 is 3.03 bits per heavy atom. The van der Waals surface area contributed by atoms with Crippen molar-refractivity contribution in [2.75, 3.05) is 5.32 Å². The number of nitrogens with one attached hydrogen (secondary N) is 2. The van der Waals surface area contributed by atoms with E-state index >= 15 is 0 Å². The van der Waals surface area contributed by atoms with E-state index < -0.39 is 0 Å². The smallest absolute Gasteiger partial charge is 0.225 e. The van der Waals surface area contributed by atoms with Crippen LogP contribution in [0.15, 0.2) is 36.5 Å². The maximum Gasteiger partial charge on any atom is 0.225 e. The normalized spacial score (nSPS) is 20.0. The van der Waals surface area contributed by atoms with Crippen molar-refractivity contribution in [1.29, 1.82) is 0 Å². The summed E-state index contributed by atoms with van der Waals surface area (Å²) in [6, 6.07) is 8.48. The predicted molar refractivity (Wildman–Crippen MR) is 106 cm³/mol. The first-order valence-corrected chi connectivity index (χ1v) is 9.99. The van der Waals surface area contributed by atoms with Gasteiger partial charge in [-0.3, -0.25) is 14.6 Å². The monoisotopic (exact) mass is 394 g/mol. The summed E-state index contributed by atoms with van der Waals surface area (Å²) in [6.07, 6.45) is 4.86. The van der Waals surface area contributed by atoms with E-state index in [9.17, 15) is 9.18 Å². The van der Waals surface area contributed by atoms with E-state index in [0.717, 1.165) is 36.2 Å². The van der Waals surface area contributed by atoms with Crippen molar-refractivity contribution in [2.24, 2.45) is 0 Å². The van der Waals surface area contributed by atoms with E-state index in [0.29, 0.717) is 24.5 Å². The number of nitrogens with zero attached hydrogens (tertiary/aromatic N) is 4. The molecule has 2 aliphatic rings. The van der Waals surface area contributed by atoms with Crippen molar-refractivity contribution in [2.45, 2.75) is 51.2 Å². The van der Waals surface area contributed by atoms with E-state index in [1.807, 2.05) is 22.6 Å². The Labute approximate surface area is 167 Å². The summed E-state index contributed by atoms with van der Waals surface area (Å²) < 4.78 is 15.4. The number of aryl methyl sites for hydroxylation is 2. The van der Waals surface area contributed by atoms with Crippen molar-refractivity contribution in [1.82, 2.24) is 24.9 Å². The summed E-state index contributed by atoms with van der Waals surface area (Å²) in [7, 11) is 0. The molecule has 2 aromatic heterocycles. The Morgan fingerprint density at radius 1 is 1.34 bits per heavy atom. The lowest BCUT2D eigenvalue weighted by atomic mass is 9.98. The number of halogens is 1. The van der Waals surface area contributed by atoms with Gasteiger partial charge >= 0.3 is 0 Å². The van der Waals surface area contributed by atoms with E-state index in [4.69, 9.17) is 0 Å². The van der Waals surface area contributed by atoms with E-state index in [2.05, 4.69) is 20.6 Å². The molecule has 0 saturated carbocycles. The highest BCUT2D eigenvalue weighted by Crippen LogP contribution is 2.46. The Morgan fingerprint density at radius 2 is 2.24 bits per heavy atom. The molecule has 1 fully saturated rings. The molecule has 2 atom stereocenters. The van der Waals surface area contributed by atoms with Crippen LogP contribution < -0.4 is 5.32 Å². The molecule has 5 rings (SSSR count). The van der Waals surface area contributed by atoms with Gasteiger partial charge in [0, 0.05) is 54.3 Å². The van der Waals surface area contributed by atoms with Gasteiger partial charge in [0.25, 0.3) is 0 Å². The minimum Gasteiger partial charge on any atom is -0.338 e. The first kappa shape index (κ1) is 17.9. The number of rotatable bonds is 5. The number of anilines is 2. The summed E-state index contributed by atoms with van der Waals surface area (Å²) in [6.45, 7) is 2.57. The fraction of sp³-hybridized carbons (Fsp3) is 0.381. The molecule has 0 radical (unpaired) electrons. The summed E-state index contributed by atoms with van der Waals surface area (Å²) in [4.78, 5) is 15.1. The number of carbonyl (C=O) groups is 1. The largest absolute Gasteiger partial charge is 0.338 e. The third-order valence-electron chi connectivity index (χ3n) is 6.00. The highest BCUT2D eigenvalue weighted by molar-refractivity contribution is 5.78. The summed E-state index contributed by atoms with van der Waals surface area (Å²) in [5.41, 5.74) is 3.81. The van der Waals surface area contributed by atoms with E-state index in [-0.39, 0.29) is 23.8 Å². The predicted octanol–water partition coefficient (Wildman–Crippen LogP) is 3.48. The second-order valence-corrected chi connectivity index (χ2v) is 7.80. The minimum absolute atomic E-state index is 0.00442. The third-order valence-corrected chi connectivity index (χ3v) is 6.00. The van der Waals surface area contributed by atoms with Crippen molar-refractivity contribution < 1.29 is 9.18 Å². The highest BCUT2D eigenvalue weighted by atomic mass is 19.1. The van der Waals surface area contributed by atoms with Crippen molar-refractivity contribution in [3.8, 4) is 0 Å². The second kappa shape index (κ2) is 7.02. The number of H-pyrrole nitrogens is 1. The summed E-state index contributed by atoms with van der Waals surface area (Å²) in [5.74, 6) is 0.527. The Bertz CT molecular complexity index is 1060. The van der Waals surface area contributed by atoms with Crippen LogP contribution in [-0.4, -0.2) is 36.8 Å². The van der Waals surface area contributed by atoms with Gasteiger partial charge in [0.05, 0.1) is 6.04 Å². The molecular formula is C21H23FN6O. The van der Waals surface area contributed by atoms with E-state index in [1.165, 1.54) is 12.1 Å². The van der Waals surface area contributed by atoms with Crippen LogP contribution in [0.2, 0.25) is 0 Å². The van der Waals surface area contributed by atoms with Gasteiger partial charge in [-0.25, -0.2) is 4.39 Å². The van der Waals surface area contributed by atoms with Gasteiger partial charge in [0.1, 0.15) is 5.82 Å². The number of fused-ring (bicyclic) bond motifs is 4. The second-order valence-electron chi connectivity index (χ2n) is 7.80. The number of hydrogen-bond acceptors (Lipinski definition) is 4. The van der Waals surface area contributed by atoms with Gasteiger partial charge in [0.2, 0.25) is 5.91 Å². The van der Waals surface area contributed by atoms with Gasteiger partial charge in [-0.1, -0.05) is 6.07 Å². The van der Waals surface area contributed by atoms with Crippen LogP contribution in [0.5, 0.6) is 0 Å². The molecule has 29 heavy (non-hydrogen) atoms. The molecule has 150 valence electrons. The molecule has 2 N–H and O–H groups in total. The topological polar surface area (TPSA) is 78.8 Å². The average molecular weight is 394 g/mol. The zero-order chi connectivity index (χ0) is 20.0. The number of aromatic amines is 1. The number of carbonyl (C=O) groups excluding carboxylic acids is 1. The first-order valence-electron chi connectivity index (χ1n) is 9.99. The molecule has 4 heterocycles.